The molecular weight excluding hydrogens is 178 g/mol. The van der Waals surface area contributed by atoms with Crippen molar-refractivity contribution < 1.29 is 27.0 Å². The van der Waals surface area contributed by atoms with Crippen molar-refractivity contribution in [3.8, 4) is 0 Å². The molecule has 0 aromatic rings. The molecule has 0 saturated carbocycles. The molecule has 8 heavy (non-hydrogen) atoms. The van der Waals surface area contributed by atoms with Crippen molar-refractivity contribution in [1.82, 2.24) is 0 Å². The van der Waals surface area contributed by atoms with Gasteiger partial charge in [-0.1, -0.05) is 0 Å². The zero-order valence-electron chi connectivity index (χ0n) is 3.97. The standard InChI is InChI=1S/C3H7NO2S.Cu/c4-2(1-7)3(5)6;/h2,7H,1,4H2,(H,5,6);. The average Bonchev–Trinajstić information content (AvgIpc) is 1.65. The zero-order chi connectivity index (χ0) is 5.86. The first kappa shape index (κ1) is 11.1. The van der Waals surface area contributed by atoms with Gasteiger partial charge in [0, 0.05) is 22.8 Å². The Balaban J connectivity index is 0. The summed E-state index contributed by atoms with van der Waals surface area (Å²) in [7, 11) is 0. The molecule has 0 aromatic heterocycles. The Hall–Kier alpha value is 0.299. The molecule has 0 fully saturated rings. The molecule has 0 rings (SSSR count). The average molecular weight is 185 g/mol. The van der Waals surface area contributed by atoms with Crippen LogP contribution in [0, 0.1) is 0 Å². The van der Waals surface area contributed by atoms with Crippen molar-refractivity contribution in [2.24, 2.45) is 5.73 Å². The van der Waals surface area contributed by atoms with Gasteiger partial charge in [0.25, 0.3) is 0 Å². The summed E-state index contributed by atoms with van der Waals surface area (Å²) in [4.78, 5) is 9.76. The van der Waals surface area contributed by atoms with E-state index >= 15 is 0 Å². The minimum absolute atomic E-state index is 0. The van der Waals surface area contributed by atoms with Gasteiger partial charge in [-0.2, -0.15) is 12.6 Å². The number of thiol groups is 1. The number of hydrogen-bond acceptors (Lipinski definition) is 3. The molecule has 0 aliphatic carbocycles. The first-order chi connectivity index (χ1) is 3.18. The molecule has 1 radical (unpaired) electrons. The second-order valence-corrected chi connectivity index (χ2v) is 1.49. The molecule has 0 spiro atoms. The summed E-state index contributed by atoms with van der Waals surface area (Å²) in [5.41, 5.74) is 4.94. The summed E-state index contributed by atoms with van der Waals surface area (Å²) in [6.07, 6.45) is 0. The Morgan fingerprint density at radius 1 is 1.88 bits per heavy atom. The molecular formula is C3H7CuNO2S. The van der Waals surface area contributed by atoms with E-state index in [0.29, 0.717) is 0 Å². The maximum atomic E-state index is 9.76. The topological polar surface area (TPSA) is 63.3 Å². The van der Waals surface area contributed by atoms with E-state index in [1.807, 2.05) is 0 Å². The smallest absolute Gasteiger partial charge is 0.321 e. The monoisotopic (exact) mass is 184 g/mol. The van der Waals surface area contributed by atoms with E-state index in [4.69, 9.17) is 10.8 Å². The summed E-state index contributed by atoms with van der Waals surface area (Å²) in [6, 6.07) is -0.816. The van der Waals surface area contributed by atoms with E-state index in [1.54, 1.807) is 0 Å². The van der Waals surface area contributed by atoms with Crippen LogP contribution >= 0.6 is 12.6 Å². The third-order valence-electron chi connectivity index (χ3n) is 0.514. The van der Waals surface area contributed by atoms with Gasteiger partial charge in [-0.25, -0.2) is 0 Å². The molecule has 0 saturated heterocycles. The van der Waals surface area contributed by atoms with Gasteiger partial charge in [0.1, 0.15) is 6.04 Å². The third kappa shape index (κ3) is 4.46. The summed E-state index contributed by atoms with van der Waals surface area (Å²) < 4.78 is 0. The van der Waals surface area contributed by atoms with Gasteiger partial charge in [0.15, 0.2) is 0 Å². The minimum atomic E-state index is -1.00. The van der Waals surface area contributed by atoms with Crippen LogP contribution in [0.3, 0.4) is 0 Å². The molecule has 1 unspecified atom stereocenters. The molecule has 0 aromatic carbocycles. The summed E-state index contributed by atoms with van der Waals surface area (Å²) in [5.74, 6) is -0.815. The predicted octanol–water partition coefficient (Wildman–Crippen LogP) is -0.674. The van der Waals surface area contributed by atoms with E-state index < -0.39 is 12.0 Å². The number of nitrogens with two attached hydrogens (primary N) is 1. The van der Waals surface area contributed by atoms with Crippen molar-refractivity contribution in [2.45, 2.75) is 6.04 Å². The van der Waals surface area contributed by atoms with Crippen LogP contribution in [-0.2, 0) is 21.9 Å². The second-order valence-electron chi connectivity index (χ2n) is 1.13. The number of carboxylic acid groups (broad SMARTS) is 1. The largest absolute Gasteiger partial charge is 0.480 e. The second kappa shape index (κ2) is 5.44. The number of aliphatic carboxylic acids is 1. The molecule has 0 aliphatic heterocycles. The van der Waals surface area contributed by atoms with Gasteiger partial charge < -0.3 is 10.8 Å². The molecule has 53 valence electrons. The number of hydrogen-bond donors (Lipinski definition) is 3. The van der Waals surface area contributed by atoms with Gasteiger partial charge in [-0.15, -0.1) is 0 Å². The summed E-state index contributed by atoms with van der Waals surface area (Å²) in [6.45, 7) is 0. The molecule has 0 heterocycles. The van der Waals surface area contributed by atoms with Crippen LogP contribution < -0.4 is 5.73 Å². The van der Waals surface area contributed by atoms with Gasteiger partial charge in [0.2, 0.25) is 0 Å². The quantitative estimate of drug-likeness (QED) is 0.394. The number of carboxylic acids is 1. The third-order valence-corrected chi connectivity index (χ3v) is 0.907. The number of rotatable bonds is 2. The van der Waals surface area contributed by atoms with E-state index in [0.717, 1.165) is 0 Å². The van der Waals surface area contributed by atoms with Gasteiger partial charge >= 0.3 is 5.97 Å². The van der Waals surface area contributed by atoms with E-state index in [9.17, 15) is 4.79 Å². The first-order valence-electron chi connectivity index (χ1n) is 1.77. The number of carbonyl (C=O) groups is 1. The Bertz CT molecular complexity index is 79.7. The van der Waals surface area contributed by atoms with Crippen LogP contribution in [-0.4, -0.2) is 22.9 Å². The van der Waals surface area contributed by atoms with E-state index in [-0.39, 0.29) is 22.8 Å². The Morgan fingerprint density at radius 3 is 2.25 bits per heavy atom. The Labute approximate surface area is 63.5 Å². The zero-order valence-corrected chi connectivity index (χ0v) is 5.80. The van der Waals surface area contributed by atoms with Gasteiger partial charge in [0.05, 0.1) is 0 Å². The Morgan fingerprint density at radius 2 is 2.25 bits per heavy atom. The van der Waals surface area contributed by atoms with E-state index in [1.165, 1.54) is 0 Å². The fraction of sp³-hybridized carbons (Fsp3) is 0.667. The van der Waals surface area contributed by atoms with Crippen molar-refractivity contribution in [2.75, 3.05) is 5.75 Å². The van der Waals surface area contributed by atoms with Crippen molar-refractivity contribution in [3.05, 3.63) is 0 Å². The molecule has 3 N–H and O–H groups in total. The molecule has 5 heteroatoms. The normalized spacial score (nSPS) is 11.8. The van der Waals surface area contributed by atoms with Crippen LogP contribution in [0.25, 0.3) is 0 Å². The van der Waals surface area contributed by atoms with Crippen molar-refractivity contribution >= 4 is 18.6 Å². The predicted molar refractivity (Wildman–Crippen MR) is 29.5 cm³/mol. The van der Waals surface area contributed by atoms with E-state index in [2.05, 4.69) is 12.6 Å². The van der Waals surface area contributed by atoms with Crippen LogP contribution in [0.15, 0.2) is 0 Å². The molecule has 1 atom stereocenters. The molecule has 3 nitrogen and oxygen atoms in total. The maximum absolute atomic E-state index is 9.76. The SMILES string of the molecule is NC(CS)C(=O)O.[Cu]. The fourth-order valence-electron chi connectivity index (χ4n) is 0.0781. The van der Waals surface area contributed by atoms with Crippen LogP contribution in [0.4, 0.5) is 0 Å². The minimum Gasteiger partial charge on any atom is -0.480 e. The van der Waals surface area contributed by atoms with Crippen LogP contribution in [0.1, 0.15) is 0 Å². The first-order valence-corrected chi connectivity index (χ1v) is 2.41. The summed E-state index contributed by atoms with van der Waals surface area (Å²) >= 11 is 3.65. The van der Waals surface area contributed by atoms with Crippen LogP contribution in [0.5, 0.6) is 0 Å². The maximum Gasteiger partial charge on any atom is 0.321 e. The van der Waals surface area contributed by atoms with Gasteiger partial charge in [-0.3, -0.25) is 4.79 Å². The van der Waals surface area contributed by atoms with Crippen molar-refractivity contribution in [1.29, 1.82) is 0 Å². The summed E-state index contributed by atoms with van der Waals surface area (Å²) in [5, 5.41) is 8.01. The molecule has 0 amide bonds. The van der Waals surface area contributed by atoms with Gasteiger partial charge in [-0.05, 0) is 0 Å². The molecule has 0 aliphatic rings. The van der Waals surface area contributed by atoms with Crippen LogP contribution in [0.2, 0.25) is 0 Å². The Kier molecular flexibility index (Phi) is 7.57. The van der Waals surface area contributed by atoms with Crippen molar-refractivity contribution in [3.63, 3.8) is 0 Å². The molecule has 0 bridgehead atoms. The fourth-order valence-corrected chi connectivity index (χ4v) is 0.234.